The molecule has 0 aliphatic rings. The van der Waals surface area contributed by atoms with Crippen molar-refractivity contribution >= 4 is 55.5 Å². The van der Waals surface area contributed by atoms with Gasteiger partial charge in [-0.1, -0.05) is 25.2 Å². The number of sulfonamides is 1. The van der Waals surface area contributed by atoms with Crippen LogP contribution in [-0.2, 0) is 10.0 Å². The van der Waals surface area contributed by atoms with Crippen LogP contribution in [0.15, 0.2) is 18.2 Å². The van der Waals surface area contributed by atoms with Crippen LogP contribution in [-0.4, -0.2) is 18.7 Å². The number of halogens is 1. The molecule has 7 heteroatoms. The Balaban J connectivity index is 3.10. The third-order valence-corrected chi connectivity index (χ3v) is 6.03. The second-order valence-electron chi connectivity index (χ2n) is 3.86. The maximum atomic E-state index is 12.2. The molecule has 1 atom stereocenters. The molecule has 0 heterocycles. The Morgan fingerprint density at radius 3 is 2.67 bits per heavy atom. The zero-order valence-electron chi connectivity index (χ0n) is 10.1. The van der Waals surface area contributed by atoms with Crippen LogP contribution in [0, 0.1) is 10.5 Å². The van der Waals surface area contributed by atoms with Gasteiger partial charge < -0.3 is 5.73 Å². The van der Waals surface area contributed by atoms with Crippen LogP contribution in [0.25, 0.3) is 0 Å². The summed E-state index contributed by atoms with van der Waals surface area (Å²) in [4.78, 5) is -0.00622. The molecule has 0 spiro atoms. The Morgan fingerprint density at radius 2 is 2.17 bits per heavy atom. The minimum absolute atomic E-state index is 0.00622. The lowest BCUT2D eigenvalue weighted by atomic mass is 10.2. The lowest BCUT2D eigenvalue weighted by Crippen LogP contribution is -2.37. The van der Waals surface area contributed by atoms with Gasteiger partial charge in [-0.3, -0.25) is 4.72 Å². The Hall–Kier alpha value is -0.410. The molecule has 4 nitrogen and oxygen atoms in total. The van der Waals surface area contributed by atoms with Gasteiger partial charge in [-0.25, -0.2) is 8.42 Å². The highest BCUT2D eigenvalue weighted by molar-refractivity contribution is 14.1. The molecule has 100 valence electrons. The van der Waals surface area contributed by atoms with Crippen LogP contribution in [0.4, 0.5) is 5.69 Å². The number of rotatable bonds is 5. The van der Waals surface area contributed by atoms with Crippen molar-refractivity contribution in [3.8, 4) is 0 Å². The van der Waals surface area contributed by atoms with Crippen molar-refractivity contribution < 1.29 is 8.42 Å². The van der Waals surface area contributed by atoms with Crippen LogP contribution >= 0.6 is 34.8 Å². The first kappa shape index (κ1) is 15.6. The van der Waals surface area contributed by atoms with Crippen molar-refractivity contribution in [2.24, 2.45) is 5.73 Å². The van der Waals surface area contributed by atoms with Crippen LogP contribution in [0.3, 0.4) is 0 Å². The van der Waals surface area contributed by atoms with Gasteiger partial charge in [0.25, 0.3) is 0 Å². The van der Waals surface area contributed by atoms with Gasteiger partial charge in [0, 0.05) is 3.57 Å². The first-order valence-electron chi connectivity index (χ1n) is 5.35. The fourth-order valence-corrected chi connectivity index (χ4v) is 3.98. The maximum absolute atomic E-state index is 12.2. The Morgan fingerprint density at radius 1 is 1.56 bits per heavy atom. The molecule has 3 N–H and O–H groups in total. The summed E-state index contributed by atoms with van der Waals surface area (Å²) in [5, 5.41) is -0.843. The standard InChI is InChI=1S/C11H15IN2O2S2/c1-3-10(11(13)17)18(15,16)14-9-6-4-5-8(12)7(9)2/h4-6,10,14H,3H2,1-2H3,(H2,13,17). The minimum Gasteiger partial charge on any atom is -0.392 e. The zero-order valence-corrected chi connectivity index (χ0v) is 13.9. The van der Waals surface area contributed by atoms with E-state index in [2.05, 4.69) is 27.3 Å². The molecule has 1 aromatic carbocycles. The van der Waals surface area contributed by atoms with E-state index < -0.39 is 15.3 Å². The van der Waals surface area contributed by atoms with Gasteiger partial charge in [-0.15, -0.1) is 0 Å². The third-order valence-electron chi connectivity index (χ3n) is 2.58. The second kappa shape index (κ2) is 6.16. The van der Waals surface area contributed by atoms with E-state index >= 15 is 0 Å². The molecule has 0 radical (unpaired) electrons. The van der Waals surface area contributed by atoms with Gasteiger partial charge in [0.05, 0.1) is 10.7 Å². The molecule has 0 aliphatic carbocycles. The summed E-state index contributed by atoms with van der Waals surface area (Å²) >= 11 is 6.95. The fraction of sp³-hybridized carbons (Fsp3) is 0.364. The summed E-state index contributed by atoms with van der Waals surface area (Å²) in [6.07, 6.45) is 0.355. The first-order chi connectivity index (χ1) is 8.29. The predicted octanol–water partition coefficient (Wildman–Crippen LogP) is 2.41. The molecule has 0 aliphatic heterocycles. The smallest absolute Gasteiger partial charge is 0.242 e. The summed E-state index contributed by atoms with van der Waals surface area (Å²) in [5.74, 6) is 0. The Bertz CT molecular complexity index is 558. The predicted molar refractivity (Wildman–Crippen MR) is 87.3 cm³/mol. The molecule has 0 fully saturated rings. The summed E-state index contributed by atoms with van der Waals surface area (Å²) in [6, 6.07) is 5.44. The quantitative estimate of drug-likeness (QED) is 0.590. The van der Waals surface area contributed by atoms with Crippen LogP contribution in [0.1, 0.15) is 18.9 Å². The topological polar surface area (TPSA) is 72.2 Å². The minimum atomic E-state index is -3.58. The van der Waals surface area contributed by atoms with E-state index in [0.29, 0.717) is 12.1 Å². The van der Waals surface area contributed by atoms with Crippen molar-refractivity contribution in [3.63, 3.8) is 0 Å². The number of anilines is 1. The number of hydrogen-bond donors (Lipinski definition) is 2. The van der Waals surface area contributed by atoms with Crippen molar-refractivity contribution in [1.82, 2.24) is 0 Å². The summed E-state index contributed by atoms with van der Waals surface area (Å²) in [5.41, 5.74) is 6.92. The maximum Gasteiger partial charge on any atom is 0.242 e. The van der Waals surface area contributed by atoms with Crippen LogP contribution in [0.5, 0.6) is 0 Å². The monoisotopic (exact) mass is 398 g/mol. The number of hydrogen-bond acceptors (Lipinski definition) is 3. The number of benzene rings is 1. The van der Waals surface area contributed by atoms with Gasteiger partial charge in [0.1, 0.15) is 5.25 Å². The highest BCUT2D eigenvalue weighted by Gasteiger charge is 2.26. The van der Waals surface area contributed by atoms with Gasteiger partial charge in [0.2, 0.25) is 10.0 Å². The van der Waals surface area contributed by atoms with E-state index in [4.69, 9.17) is 18.0 Å². The summed E-state index contributed by atoms with van der Waals surface area (Å²) in [6.45, 7) is 3.60. The van der Waals surface area contributed by atoms with Crippen molar-refractivity contribution in [2.75, 3.05) is 4.72 Å². The second-order valence-corrected chi connectivity index (χ2v) is 7.36. The van der Waals surface area contributed by atoms with Crippen molar-refractivity contribution in [2.45, 2.75) is 25.5 Å². The van der Waals surface area contributed by atoms with E-state index in [1.165, 1.54) is 0 Å². The molecule has 0 bridgehead atoms. The highest BCUT2D eigenvalue weighted by atomic mass is 127. The SMILES string of the molecule is CCC(C(N)=S)S(=O)(=O)Nc1cccc(I)c1C. The molecular weight excluding hydrogens is 383 g/mol. The lowest BCUT2D eigenvalue weighted by molar-refractivity contribution is 0.594. The van der Waals surface area contributed by atoms with E-state index in [9.17, 15) is 8.42 Å². The van der Waals surface area contributed by atoms with Crippen molar-refractivity contribution in [1.29, 1.82) is 0 Å². The van der Waals surface area contributed by atoms with Crippen LogP contribution in [0.2, 0.25) is 0 Å². The molecule has 0 aromatic heterocycles. The highest BCUT2D eigenvalue weighted by Crippen LogP contribution is 2.22. The van der Waals surface area contributed by atoms with Gasteiger partial charge in [-0.05, 0) is 53.6 Å². The van der Waals surface area contributed by atoms with Gasteiger partial charge >= 0.3 is 0 Å². The van der Waals surface area contributed by atoms with E-state index in [-0.39, 0.29) is 4.99 Å². The first-order valence-corrected chi connectivity index (χ1v) is 8.39. The van der Waals surface area contributed by atoms with Gasteiger partial charge in [0.15, 0.2) is 0 Å². The Kier molecular flexibility index (Phi) is 5.35. The summed E-state index contributed by atoms with van der Waals surface area (Å²) < 4.78 is 27.9. The molecule has 0 amide bonds. The number of nitrogens with one attached hydrogen (secondary N) is 1. The average molecular weight is 398 g/mol. The molecule has 1 unspecified atom stereocenters. The van der Waals surface area contributed by atoms with Crippen LogP contribution < -0.4 is 10.5 Å². The van der Waals surface area contributed by atoms with E-state index in [1.54, 1.807) is 19.1 Å². The van der Waals surface area contributed by atoms with E-state index in [0.717, 1.165) is 9.13 Å². The molecule has 0 saturated heterocycles. The molecule has 1 rings (SSSR count). The number of thiocarbonyl (C=S) groups is 1. The molecular formula is C11H15IN2O2S2. The largest absolute Gasteiger partial charge is 0.392 e. The molecule has 18 heavy (non-hydrogen) atoms. The van der Waals surface area contributed by atoms with E-state index in [1.807, 2.05) is 13.0 Å². The average Bonchev–Trinajstić information content (AvgIpc) is 2.24. The summed E-state index contributed by atoms with van der Waals surface area (Å²) in [7, 11) is -3.58. The Labute approximate surface area is 127 Å². The molecule has 1 aromatic rings. The molecule has 0 saturated carbocycles. The lowest BCUT2D eigenvalue weighted by Gasteiger charge is -2.17. The fourth-order valence-electron chi connectivity index (χ4n) is 1.52. The number of nitrogens with two attached hydrogens (primary N) is 1. The third kappa shape index (κ3) is 3.55. The van der Waals surface area contributed by atoms with Crippen molar-refractivity contribution in [3.05, 3.63) is 27.3 Å². The zero-order chi connectivity index (χ0) is 13.9. The normalized spacial score (nSPS) is 13.1. The van der Waals surface area contributed by atoms with Gasteiger partial charge in [-0.2, -0.15) is 0 Å².